The van der Waals surface area contributed by atoms with E-state index in [2.05, 4.69) is 22.3 Å². The minimum atomic E-state index is -3.66. The van der Waals surface area contributed by atoms with Crippen molar-refractivity contribution in [2.45, 2.75) is 45.3 Å². The lowest BCUT2D eigenvalue weighted by Crippen LogP contribution is -2.47. The van der Waals surface area contributed by atoms with E-state index in [4.69, 9.17) is 4.74 Å². The van der Waals surface area contributed by atoms with Crippen LogP contribution in [0.5, 0.6) is 5.75 Å². The number of methoxy groups -OCH3 is 1. The first kappa shape index (κ1) is 24.1. The Morgan fingerprint density at radius 1 is 1.03 bits per heavy atom. The third kappa shape index (κ3) is 6.46. The highest BCUT2D eigenvalue weighted by atomic mass is 32.2. The topological polar surface area (TPSA) is 79.0 Å². The van der Waals surface area contributed by atoms with Crippen LogP contribution in [-0.2, 0) is 27.9 Å². The van der Waals surface area contributed by atoms with Crippen molar-refractivity contribution in [1.29, 1.82) is 0 Å². The number of carbonyl (C=O) groups excluding carboxylic acids is 1. The van der Waals surface area contributed by atoms with Gasteiger partial charge in [0.05, 0.1) is 19.1 Å². The predicted octanol–water partition coefficient (Wildman–Crippen LogP) is 3.15. The van der Waals surface area contributed by atoms with E-state index in [-0.39, 0.29) is 5.91 Å². The number of anilines is 1. The van der Waals surface area contributed by atoms with Crippen molar-refractivity contribution in [3.05, 3.63) is 59.7 Å². The zero-order valence-corrected chi connectivity index (χ0v) is 19.9. The molecular weight excluding hydrogens is 426 g/mol. The molecule has 0 radical (unpaired) electrons. The van der Waals surface area contributed by atoms with E-state index in [0.29, 0.717) is 18.0 Å². The second-order valence-electron chi connectivity index (χ2n) is 8.30. The van der Waals surface area contributed by atoms with Gasteiger partial charge in [-0.3, -0.25) is 14.0 Å². The summed E-state index contributed by atoms with van der Waals surface area (Å²) in [5.41, 5.74) is 2.65. The maximum Gasteiger partial charge on any atom is 0.243 e. The molecule has 1 aliphatic heterocycles. The Balaban J connectivity index is 1.60. The first-order chi connectivity index (χ1) is 15.3. The third-order valence-corrected chi connectivity index (χ3v) is 7.00. The van der Waals surface area contributed by atoms with Crippen molar-refractivity contribution >= 4 is 21.6 Å². The Hall–Kier alpha value is -2.58. The van der Waals surface area contributed by atoms with Gasteiger partial charge in [0.15, 0.2) is 0 Å². The maximum absolute atomic E-state index is 12.8. The van der Waals surface area contributed by atoms with Crippen LogP contribution in [0.3, 0.4) is 0 Å². The zero-order valence-electron chi connectivity index (χ0n) is 19.1. The van der Waals surface area contributed by atoms with Crippen molar-refractivity contribution < 1.29 is 17.9 Å². The van der Waals surface area contributed by atoms with Crippen molar-refractivity contribution in [1.82, 2.24) is 10.2 Å². The number of piperidine rings is 1. The minimum Gasteiger partial charge on any atom is -0.497 e. The molecule has 0 saturated carbocycles. The number of likely N-dealkylation sites (tertiary alicyclic amines) is 1. The molecule has 1 fully saturated rings. The number of hydrogen-bond donors (Lipinski definition) is 1. The molecule has 174 valence electrons. The molecule has 2 aromatic carbocycles. The van der Waals surface area contributed by atoms with Gasteiger partial charge in [-0.05, 0) is 68.2 Å². The quantitative estimate of drug-likeness (QED) is 0.623. The number of sulfonamides is 1. The normalized spacial score (nSPS) is 15.7. The van der Waals surface area contributed by atoms with Crippen LogP contribution in [0, 0.1) is 0 Å². The molecule has 2 aromatic rings. The fourth-order valence-corrected chi connectivity index (χ4v) is 5.19. The van der Waals surface area contributed by atoms with Crippen LogP contribution < -0.4 is 14.4 Å². The second-order valence-corrected chi connectivity index (χ2v) is 10.2. The summed E-state index contributed by atoms with van der Waals surface area (Å²) < 4.78 is 31.1. The molecule has 0 aromatic heterocycles. The molecule has 0 bridgehead atoms. The highest BCUT2D eigenvalue weighted by Crippen LogP contribution is 2.24. The molecule has 1 amide bonds. The average molecular weight is 460 g/mol. The zero-order chi connectivity index (χ0) is 23.1. The summed E-state index contributed by atoms with van der Waals surface area (Å²) in [7, 11) is -2.12. The summed E-state index contributed by atoms with van der Waals surface area (Å²) in [5.74, 6) is 0.256. The van der Waals surface area contributed by atoms with E-state index in [1.54, 1.807) is 38.3 Å². The molecule has 0 aliphatic carbocycles. The lowest BCUT2D eigenvalue weighted by atomic mass is 10.1. The smallest absolute Gasteiger partial charge is 0.243 e. The number of carbonyl (C=O) groups is 1. The first-order valence-corrected chi connectivity index (χ1v) is 12.8. The Bertz CT molecular complexity index is 985. The first-order valence-electron chi connectivity index (χ1n) is 11.0. The molecule has 0 spiro atoms. The average Bonchev–Trinajstić information content (AvgIpc) is 2.78. The second kappa shape index (κ2) is 10.8. The van der Waals surface area contributed by atoms with Gasteiger partial charge in [0.2, 0.25) is 15.9 Å². The predicted molar refractivity (Wildman–Crippen MR) is 127 cm³/mol. The van der Waals surface area contributed by atoms with E-state index in [1.165, 1.54) is 24.8 Å². The van der Waals surface area contributed by atoms with E-state index < -0.39 is 16.1 Å². The SMILES string of the molecule is COc1ccc(N(C(C)C(=O)NCc2ccc(CN3CCCCC3)cc2)S(C)(=O)=O)cc1. The standard InChI is InChI=1S/C24H33N3O4S/c1-19(27(32(3,29)30)22-11-13-23(31-2)14-12-22)24(28)25-17-20-7-9-21(10-8-20)18-26-15-5-4-6-16-26/h7-14,19H,4-6,15-18H2,1-3H3,(H,25,28). The van der Waals surface area contributed by atoms with Gasteiger partial charge in [0, 0.05) is 13.1 Å². The summed E-state index contributed by atoms with van der Waals surface area (Å²) in [6, 6.07) is 13.9. The number of rotatable bonds is 9. The molecule has 1 unspecified atom stereocenters. The molecule has 1 heterocycles. The number of ether oxygens (including phenoxy) is 1. The van der Waals surface area contributed by atoms with Crippen molar-refractivity contribution in [2.75, 3.05) is 30.8 Å². The number of nitrogens with one attached hydrogen (secondary N) is 1. The van der Waals surface area contributed by atoms with Gasteiger partial charge in [-0.1, -0.05) is 30.7 Å². The van der Waals surface area contributed by atoms with Gasteiger partial charge in [-0.2, -0.15) is 0 Å². The number of nitrogens with zero attached hydrogens (tertiary/aromatic N) is 2. The van der Waals surface area contributed by atoms with Crippen LogP contribution in [0.25, 0.3) is 0 Å². The van der Waals surface area contributed by atoms with Crippen LogP contribution in [0.1, 0.15) is 37.3 Å². The summed E-state index contributed by atoms with van der Waals surface area (Å²) in [6.07, 6.45) is 4.96. The molecule has 1 aliphatic rings. The van der Waals surface area contributed by atoms with Gasteiger partial charge < -0.3 is 10.1 Å². The van der Waals surface area contributed by atoms with Crippen LogP contribution in [-0.4, -0.2) is 51.7 Å². The number of amides is 1. The fourth-order valence-electron chi connectivity index (χ4n) is 4.01. The van der Waals surface area contributed by atoms with Gasteiger partial charge in [0.1, 0.15) is 11.8 Å². The molecule has 1 N–H and O–H groups in total. The van der Waals surface area contributed by atoms with E-state index in [1.807, 2.05) is 12.1 Å². The van der Waals surface area contributed by atoms with Crippen molar-refractivity contribution in [2.24, 2.45) is 0 Å². The minimum absolute atomic E-state index is 0.341. The van der Waals surface area contributed by atoms with Crippen LogP contribution in [0.4, 0.5) is 5.69 Å². The molecule has 1 saturated heterocycles. The molecule has 8 heteroatoms. The summed E-state index contributed by atoms with van der Waals surface area (Å²) in [4.78, 5) is 15.3. The Labute approximate surface area is 191 Å². The highest BCUT2D eigenvalue weighted by molar-refractivity contribution is 7.92. The molecule has 32 heavy (non-hydrogen) atoms. The van der Waals surface area contributed by atoms with E-state index >= 15 is 0 Å². The van der Waals surface area contributed by atoms with Crippen LogP contribution in [0.2, 0.25) is 0 Å². The maximum atomic E-state index is 12.8. The van der Waals surface area contributed by atoms with Crippen LogP contribution in [0.15, 0.2) is 48.5 Å². The van der Waals surface area contributed by atoms with E-state index in [0.717, 1.165) is 35.8 Å². The molecule has 3 rings (SSSR count). The van der Waals surface area contributed by atoms with Crippen LogP contribution >= 0.6 is 0 Å². The number of benzene rings is 2. The molecular formula is C24H33N3O4S. The van der Waals surface area contributed by atoms with Gasteiger partial charge in [0.25, 0.3) is 0 Å². The van der Waals surface area contributed by atoms with Gasteiger partial charge >= 0.3 is 0 Å². The van der Waals surface area contributed by atoms with Gasteiger partial charge in [-0.25, -0.2) is 8.42 Å². The summed E-state index contributed by atoms with van der Waals surface area (Å²) >= 11 is 0. The third-order valence-electron chi connectivity index (χ3n) is 5.76. The largest absolute Gasteiger partial charge is 0.497 e. The highest BCUT2D eigenvalue weighted by Gasteiger charge is 2.29. The lowest BCUT2D eigenvalue weighted by molar-refractivity contribution is -0.122. The monoisotopic (exact) mass is 459 g/mol. The van der Waals surface area contributed by atoms with Crippen molar-refractivity contribution in [3.8, 4) is 5.75 Å². The van der Waals surface area contributed by atoms with E-state index in [9.17, 15) is 13.2 Å². The Morgan fingerprint density at radius 2 is 1.62 bits per heavy atom. The number of hydrogen-bond acceptors (Lipinski definition) is 5. The fraction of sp³-hybridized carbons (Fsp3) is 0.458. The molecule has 1 atom stereocenters. The summed E-state index contributed by atoms with van der Waals surface area (Å²) in [5, 5.41) is 2.86. The lowest BCUT2D eigenvalue weighted by Gasteiger charge is -2.28. The van der Waals surface area contributed by atoms with Gasteiger partial charge in [-0.15, -0.1) is 0 Å². The summed E-state index contributed by atoms with van der Waals surface area (Å²) in [6.45, 7) is 5.19. The van der Waals surface area contributed by atoms with Crippen molar-refractivity contribution in [3.63, 3.8) is 0 Å². The Kier molecular flexibility index (Phi) is 8.15. The molecule has 7 nitrogen and oxygen atoms in total. The Morgan fingerprint density at radius 3 is 2.19 bits per heavy atom.